The maximum Gasteiger partial charge on any atom is 0.224 e. The van der Waals surface area contributed by atoms with Crippen LogP contribution in [0.3, 0.4) is 0 Å². The molecule has 0 radical (unpaired) electrons. The van der Waals surface area contributed by atoms with Crippen molar-refractivity contribution in [1.29, 1.82) is 5.26 Å². The van der Waals surface area contributed by atoms with Gasteiger partial charge < -0.3 is 10.2 Å². The Morgan fingerprint density at radius 2 is 2.11 bits per heavy atom. The molecule has 1 heterocycles. The van der Waals surface area contributed by atoms with Crippen molar-refractivity contribution in [2.24, 2.45) is 5.92 Å². The predicted octanol–water partition coefficient (Wildman–Crippen LogP) is 1.15. The van der Waals surface area contributed by atoms with Crippen LogP contribution in [-0.2, 0) is 11.3 Å². The lowest BCUT2D eigenvalue weighted by Crippen LogP contribution is -2.45. The van der Waals surface area contributed by atoms with Crippen LogP contribution in [0.4, 0.5) is 0 Å². The summed E-state index contributed by atoms with van der Waals surface area (Å²) in [6, 6.07) is 11.9. The van der Waals surface area contributed by atoms with Gasteiger partial charge in [0.2, 0.25) is 5.91 Å². The van der Waals surface area contributed by atoms with Crippen LogP contribution < -0.4 is 5.32 Å². The van der Waals surface area contributed by atoms with Crippen molar-refractivity contribution in [3.8, 4) is 6.07 Å². The first-order valence-corrected chi connectivity index (χ1v) is 6.19. The highest BCUT2D eigenvalue weighted by Crippen LogP contribution is 2.12. The predicted molar refractivity (Wildman–Crippen MR) is 68.4 cm³/mol. The van der Waals surface area contributed by atoms with Crippen LogP contribution in [0.15, 0.2) is 30.3 Å². The summed E-state index contributed by atoms with van der Waals surface area (Å²) in [5.74, 6) is 0.515. The van der Waals surface area contributed by atoms with Gasteiger partial charge in [-0.3, -0.25) is 4.79 Å². The molecule has 1 N–H and O–H groups in total. The number of rotatable bonds is 5. The number of hydrogen-bond donors (Lipinski definition) is 1. The van der Waals surface area contributed by atoms with E-state index in [1.807, 2.05) is 30.3 Å². The summed E-state index contributed by atoms with van der Waals surface area (Å²) < 4.78 is 0. The number of amides is 1. The molecule has 0 unspecified atom stereocenters. The molecule has 4 heteroatoms. The molecular weight excluding hydrogens is 226 g/mol. The fraction of sp³-hybridized carbons (Fsp3) is 0.429. The standard InChI is InChI=1S/C14H17N3O/c15-6-7-17(11-12-4-2-1-3-5-12)14(18)8-13-9-16-10-13/h1-5,13,16H,7-11H2. The first kappa shape index (κ1) is 12.6. The third-order valence-electron chi connectivity index (χ3n) is 3.16. The van der Waals surface area contributed by atoms with Gasteiger partial charge in [0.25, 0.3) is 0 Å². The first-order valence-electron chi connectivity index (χ1n) is 6.19. The SMILES string of the molecule is N#CCN(Cc1ccccc1)C(=O)CC1CNC1. The Kier molecular flexibility index (Phi) is 4.32. The minimum atomic E-state index is 0.0758. The van der Waals surface area contributed by atoms with Crippen LogP contribution in [0.1, 0.15) is 12.0 Å². The van der Waals surface area contributed by atoms with E-state index >= 15 is 0 Å². The summed E-state index contributed by atoms with van der Waals surface area (Å²) >= 11 is 0. The smallest absolute Gasteiger partial charge is 0.224 e. The molecule has 0 aliphatic carbocycles. The van der Waals surface area contributed by atoms with Crippen molar-refractivity contribution in [1.82, 2.24) is 10.2 Å². The van der Waals surface area contributed by atoms with Gasteiger partial charge in [0.15, 0.2) is 0 Å². The molecule has 94 valence electrons. The zero-order valence-electron chi connectivity index (χ0n) is 10.3. The van der Waals surface area contributed by atoms with Gasteiger partial charge in [-0.05, 0) is 24.6 Å². The van der Waals surface area contributed by atoms with E-state index in [1.165, 1.54) is 0 Å². The van der Waals surface area contributed by atoms with Gasteiger partial charge in [-0.2, -0.15) is 5.26 Å². The summed E-state index contributed by atoms with van der Waals surface area (Å²) in [6.45, 7) is 2.51. The van der Waals surface area contributed by atoms with Crippen molar-refractivity contribution >= 4 is 5.91 Å². The van der Waals surface area contributed by atoms with E-state index in [-0.39, 0.29) is 12.5 Å². The van der Waals surface area contributed by atoms with Gasteiger partial charge in [0.1, 0.15) is 6.54 Å². The van der Waals surface area contributed by atoms with E-state index in [9.17, 15) is 4.79 Å². The van der Waals surface area contributed by atoms with Crippen molar-refractivity contribution in [2.45, 2.75) is 13.0 Å². The average molecular weight is 243 g/mol. The summed E-state index contributed by atoms with van der Waals surface area (Å²) in [7, 11) is 0. The van der Waals surface area contributed by atoms with E-state index in [2.05, 4.69) is 11.4 Å². The quantitative estimate of drug-likeness (QED) is 0.789. The summed E-state index contributed by atoms with van der Waals surface area (Å²) in [6.07, 6.45) is 0.543. The number of nitrogens with one attached hydrogen (secondary N) is 1. The second-order valence-electron chi connectivity index (χ2n) is 4.62. The fourth-order valence-corrected chi connectivity index (χ4v) is 1.99. The third kappa shape index (κ3) is 3.31. The van der Waals surface area contributed by atoms with Crippen molar-refractivity contribution in [3.63, 3.8) is 0 Å². The highest BCUT2D eigenvalue weighted by atomic mass is 16.2. The van der Waals surface area contributed by atoms with E-state index in [4.69, 9.17) is 5.26 Å². The molecule has 1 aliphatic heterocycles. The molecule has 1 aliphatic rings. The second-order valence-corrected chi connectivity index (χ2v) is 4.62. The van der Waals surface area contributed by atoms with E-state index in [0.717, 1.165) is 18.7 Å². The average Bonchev–Trinajstić information content (AvgIpc) is 2.34. The molecule has 2 rings (SSSR count). The van der Waals surface area contributed by atoms with E-state index in [1.54, 1.807) is 4.90 Å². The summed E-state index contributed by atoms with van der Waals surface area (Å²) in [5.41, 5.74) is 1.06. The Labute approximate surface area is 107 Å². The maximum atomic E-state index is 12.1. The van der Waals surface area contributed by atoms with Crippen LogP contribution >= 0.6 is 0 Å². The maximum absolute atomic E-state index is 12.1. The Morgan fingerprint density at radius 3 is 2.67 bits per heavy atom. The molecule has 1 amide bonds. The monoisotopic (exact) mass is 243 g/mol. The molecule has 1 aromatic carbocycles. The van der Waals surface area contributed by atoms with Gasteiger partial charge in [-0.1, -0.05) is 30.3 Å². The number of nitrogens with zero attached hydrogens (tertiary/aromatic N) is 2. The molecular formula is C14H17N3O. The number of hydrogen-bond acceptors (Lipinski definition) is 3. The van der Waals surface area contributed by atoms with Gasteiger partial charge in [-0.25, -0.2) is 0 Å². The third-order valence-corrected chi connectivity index (χ3v) is 3.16. The molecule has 0 saturated carbocycles. The van der Waals surface area contributed by atoms with Crippen LogP contribution in [0.5, 0.6) is 0 Å². The number of benzene rings is 1. The lowest BCUT2D eigenvalue weighted by atomic mass is 9.98. The van der Waals surface area contributed by atoms with E-state index in [0.29, 0.717) is 18.9 Å². The summed E-state index contributed by atoms with van der Waals surface area (Å²) in [5, 5.41) is 12.0. The van der Waals surface area contributed by atoms with Crippen LogP contribution in [0, 0.1) is 17.2 Å². The van der Waals surface area contributed by atoms with Crippen molar-refractivity contribution < 1.29 is 4.79 Å². The minimum absolute atomic E-state index is 0.0758. The highest BCUT2D eigenvalue weighted by molar-refractivity contribution is 5.76. The van der Waals surface area contributed by atoms with Gasteiger partial charge in [0, 0.05) is 13.0 Å². The Balaban J connectivity index is 1.94. The molecule has 18 heavy (non-hydrogen) atoms. The Morgan fingerprint density at radius 1 is 1.39 bits per heavy atom. The van der Waals surface area contributed by atoms with Crippen LogP contribution in [-0.4, -0.2) is 30.4 Å². The molecule has 0 bridgehead atoms. The number of carbonyl (C=O) groups excluding carboxylic acids is 1. The highest BCUT2D eigenvalue weighted by Gasteiger charge is 2.23. The minimum Gasteiger partial charge on any atom is -0.325 e. The van der Waals surface area contributed by atoms with Gasteiger partial charge in [0.05, 0.1) is 6.07 Å². The van der Waals surface area contributed by atoms with Gasteiger partial charge >= 0.3 is 0 Å². The zero-order chi connectivity index (χ0) is 12.8. The summed E-state index contributed by atoms with van der Waals surface area (Å²) in [4.78, 5) is 13.7. The molecule has 0 aromatic heterocycles. The largest absolute Gasteiger partial charge is 0.325 e. The van der Waals surface area contributed by atoms with Crippen LogP contribution in [0.2, 0.25) is 0 Å². The molecule has 1 fully saturated rings. The normalized spacial score (nSPS) is 14.6. The van der Waals surface area contributed by atoms with Crippen molar-refractivity contribution in [2.75, 3.05) is 19.6 Å². The van der Waals surface area contributed by atoms with Crippen LogP contribution in [0.25, 0.3) is 0 Å². The molecule has 4 nitrogen and oxygen atoms in total. The lowest BCUT2D eigenvalue weighted by Gasteiger charge is -2.29. The number of carbonyl (C=O) groups is 1. The first-order chi connectivity index (χ1) is 8.79. The molecule has 1 saturated heterocycles. The molecule has 0 spiro atoms. The molecule has 1 aromatic rings. The van der Waals surface area contributed by atoms with E-state index < -0.39 is 0 Å². The number of nitriles is 1. The van der Waals surface area contributed by atoms with Crippen molar-refractivity contribution in [3.05, 3.63) is 35.9 Å². The molecule has 0 atom stereocenters. The fourth-order valence-electron chi connectivity index (χ4n) is 1.99. The zero-order valence-corrected chi connectivity index (χ0v) is 10.3. The Hall–Kier alpha value is -1.86. The second kappa shape index (κ2) is 6.18. The lowest BCUT2D eigenvalue weighted by molar-refractivity contribution is -0.132. The Bertz CT molecular complexity index is 434. The van der Waals surface area contributed by atoms with Gasteiger partial charge in [-0.15, -0.1) is 0 Å². The topological polar surface area (TPSA) is 56.1 Å².